The molecule has 2 N–H and O–H groups in total. The second kappa shape index (κ2) is 4.87. The molecule has 2 heterocycles. The SMILES string of the molecule is CCn1nc(C)cc1CC1CCC(C(=O)O)N1. The highest BCUT2D eigenvalue weighted by Gasteiger charge is 2.29. The Kier molecular flexibility index (Phi) is 3.47. The van der Waals surface area contributed by atoms with Crippen LogP contribution in [0, 0.1) is 6.92 Å². The zero-order valence-corrected chi connectivity index (χ0v) is 10.3. The van der Waals surface area contributed by atoms with Crippen LogP contribution in [0.3, 0.4) is 0 Å². The molecule has 1 aliphatic heterocycles. The van der Waals surface area contributed by atoms with Crippen molar-refractivity contribution in [2.24, 2.45) is 0 Å². The summed E-state index contributed by atoms with van der Waals surface area (Å²) in [7, 11) is 0. The topological polar surface area (TPSA) is 67.2 Å². The van der Waals surface area contributed by atoms with Gasteiger partial charge in [0.15, 0.2) is 0 Å². The Labute approximate surface area is 101 Å². The number of carboxylic acids is 1. The summed E-state index contributed by atoms with van der Waals surface area (Å²) in [6, 6.07) is 1.97. The van der Waals surface area contributed by atoms with Crippen LogP contribution < -0.4 is 5.32 Å². The number of aromatic nitrogens is 2. The highest BCUT2D eigenvalue weighted by atomic mass is 16.4. The molecule has 1 aromatic heterocycles. The van der Waals surface area contributed by atoms with Crippen LogP contribution in [0.2, 0.25) is 0 Å². The summed E-state index contributed by atoms with van der Waals surface area (Å²) >= 11 is 0. The molecule has 2 atom stereocenters. The molecule has 1 saturated heterocycles. The predicted molar refractivity (Wildman–Crippen MR) is 63.9 cm³/mol. The lowest BCUT2D eigenvalue weighted by Gasteiger charge is -2.12. The van der Waals surface area contributed by atoms with Crippen LogP contribution in [0.1, 0.15) is 31.2 Å². The molecule has 1 aromatic rings. The molecular formula is C12H19N3O2. The van der Waals surface area contributed by atoms with Crippen molar-refractivity contribution in [1.29, 1.82) is 0 Å². The van der Waals surface area contributed by atoms with Crippen molar-refractivity contribution in [2.75, 3.05) is 0 Å². The second-order valence-electron chi connectivity index (χ2n) is 4.63. The summed E-state index contributed by atoms with van der Waals surface area (Å²) in [5.74, 6) is -0.743. The molecule has 17 heavy (non-hydrogen) atoms. The van der Waals surface area contributed by atoms with E-state index in [1.807, 2.05) is 11.6 Å². The lowest BCUT2D eigenvalue weighted by molar-refractivity contribution is -0.139. The molecular weight excluding hydrogens is 218 g/mol. The Morgan fingerprint density at radius 2 is 2.41 bits per heavy atom. The Bertz CT molecular complexity index is 414. The van der Waals surface area contributed by atoms with E-state index in [-0.39, 0.29) is 12.1 Å². The first-order valence-corrected chi connectivity index (χ1v) is 6.12. The van der Waals surface area contributed by atoms with Gasteiger partial charge < -0.3 is 10.4 Å². The van der Waals surface area contributed by atoms with Crippen molar-refractivity contribution >= 4 is 5.97 Å². The predicted octanol–water partition coefficient (Wildman–Crippen LogP) is 0.959. The van der Waals surface area contributed by atoms with Gasteiger partial charge in [0, 0.05) is 24.7 Å². The van der Waals surface area contributed by atoms with E-state index in [1.54, 1.807) is 0 Å². The number of hydrogen-bond acceptors (Lipinski definition) is 3. The molecule has 5 nitrogen and oxygen atoms in total. The van der Waals surface area contributed by atoms with Crippen molar-refractivity contribution < 1.29 is 9.90 Å². The van der Waals surface area contributed by atoms with Crippen molar-refractivity contribution in [1.82, 2.24) is 15.1 Å². The fourth-order valence-electron chi connectivity index (χ4n) is 2.46. The molecule has 94 valence electrons. The van der Waals surface area contributed by atoms with Crippen molar-refractivity contribution in [3.63, 3.8) is 0 Å². The zero-order valence-electron chi connectivity index (χ0n) is 10.3. The van der Waals surface area contributed by atoms with E-state index in [4.69, 9.17) is 5.11 Å². The smallest absolute Gasteiger partial charge is 0.320 e. The maximum atomic E-state index is 10.8. The third-order valence-corrected chi connectivity index (χ3v) is 3.28. The molecule has 0 saturated carbocycles. The number of aliphatic carboxylic acids is 1. The van der Waals surface area contributed by atoms with Gasteiger partial charge in [0.1, 0.15) is 6.04 Å². The van der Waals surface area contributed by atoms with Crippen molar-refractivity contribution in [3.8, 4) is 0 Å². The van der Waals surface area contributed by atoms with E-state index in [9.17, 15) is 4.79 Å². The van der Waals surface area contributed by atoms with Gasteiger partial charge >= 0.3 is 5.97 Å². The average molecular weight is 237 g/mol. The summed E-state index contributed by atoms with van der Waals surface area (Å²) in [6.07, 6.45) is 2.50. The average Bonchev–Trinajstić information content (AvgIpc) is 2.86. The highest BCUT2D eigenvalue weighted by molar-refractivity contribution is 5.73. The zero-order chi connectivity index (χ0) is 12.4. The first-order valence-electron chi connectivity index (χ1n) is 6.12. The van der Waals surface area contributed by atoms with Gasteiger partial charge in [-0.3, -0.25) is 9.48 Å². The van der Waals surface area contributed by atoms with Gasteiger partial charge in [0.05, 0.1) is 5.69 Å². The van der Waals surface area contributed by atoms with Gasteiger partial charge in [-0.25, -0.2) is 0 Å². The van der Waals surface area contributed by atoms with Crippen LogP contribution in [0.4, 0.5) is 0 Å². The first kappa shape index (κ1) is 12.1. The van der Waals surface area contributed by atoms with Gasteiger partial charge in [-0.05, 0) is 32.8 Å². The third kappa shape index (κ3) is 2.66. The lowest BCUT2D eigenvalue weighted by atomic mass is 10.1. The number of carbonyl (C=O) groups is 1. The van der Waals surface area contributed by atoms with E-state index in [1.165, 1.54) is 5.69 Å². The number of nitrogens with one attached hydrogen (secondary N) is 1. The van der Waals surface area contributed by atoms with E-state index in [0.717, 1.165) is 31.5 Å². The van der Waals surface area contributed by atoms with Crippen LogP contribution >= 0.6 is 0 Å². The van der Waals surface area contributed by atoms with Crippen LogP contribution in [0.15, 0.2) is 6.07 Å². The Morgan fingerprint density at radius 3 is 3.00 bits per heavy atom. The van der Waals surface area contributed by atoms with Crippen molar-refractivity contribution in [3.05, 3.63) is 17.5 Å². The molecule has 0 aromatic carbocycles. The molecule has 0 amide bonds. The number of carboxylic acid groups (broad SMARTS) is 1. The molecule has 2 rings (SSSR count). The number of rotatable bonds is 4. The minimum Gasteiger partial charge on any atom is -0.480 e. The van der Waals surface area contributed by atoms with Crippen molar-refractivity contribution in [2.45, 2.75) is 51.7 Å². The molecule has 2 unspecified atom stereocenters. The summed E-state index contributed by atoms with van der Waals surface area (Å²) in [6.45, 7) is 4.91. The lowest BCUT2D eigenvalue weighted by Crippen LogP contribution is -2.36. The first-order chi connectivity index (χ1) is 8.10. The summed E-state index contributed by atoms with van der Waals surface area (Å²) in [4.78, 5) is 10.8. The monoisotopic (exact) mass is 237 g/mol. The largest absolute Gasteiger partial charge is 0.480 e. The minimum absolute atomic E-state index is 0.262. The van der Waals surface area contributed by atoms with E-state index in [0.29, 0.717) is 0 Å². The normalized spacial score (nSPS) is 24.1. The van der Waals surface area contributed by atoms with Gasteiger partial charge in [0.2, 0.25) is 0 Å². The standard InChI is InChI=1S/C12H19N3O2/c1-3-15-10(6-8(2)14-15)7-9-4-5-11(13-9)12(16)17/h6,9,11,13H,3-5,7H2,1-2H3,(H,16,17). The molecule has 0 bridgehead atoms. The van der Waals surface area contributed by atoms with Crippen LogP contribution in [0.25, 0.3) is 0 Å². The minimum atomic E-state index is -0.743. The maximum absolute atomic E-state index is 10.8. The molecule has 5 heteroatoms. The van der Waals surface area contributed by atoms with E-state index < -0.39 is 5.97 Å². The molecule has 0 aliphatic carbocycles. The Hall–Kier alpha value is -1.36. The number of nitrogens with zero attached hydrogens (tertiary/aromatic N) is 2. The molecule has 1 aliphatic rings. The van der Waals surface area contributed by atoms with Gasteiger partial charge in [-0.15, -0.1) is 0 Å². The second-order valence-corrected chi connectivity index (χ2v) is 4.63. The fourth-order valence-corrected chi connectivity index (χ4v) is 2.46. The number of aryl methyl sites for hydroxylation is 2. The Morgan fingerprint density at radius 1 is 1.65 bits per heavy atom. The summed E-state index contributed by atoms with van der Waals surface area (Å²) in [5, 5.41) is 16.5. The van der Waals surface area contributed by atoms with Crippen LogP contribution in [0.5, 0.6) is 0 Å². The molecule has 1 fully saturated rings. The maximum Gasteiger partial charge on any atom is 0.320 e. The van der Waals surface area contributed by atoms with Crippen LogP contribution in [-0.4, -0.2) is 32.9 Å². The summed E-state index contributed by atoms with van der Waals surface area (Å²) < 4.78 is 1.99. The van der Waals surface area contributed by atoms with E-state index in [2.05, 4.69) is 23.4 Å². The quantitative estimate of drug-likeness (QED) is 0.818. The molecule has 0 spiro atoms. The van der Waals surface area contributed by atoms with Gasteiger partial charge in [-0.2, -0.15) is 5.10 Å². The highest BCUT2D eigenvalue weighted by Crippen LogP contribution is 2.17. The third-order valence-electron chi connectivity index (χ3n) is 3.28. The number of hydrogen-bond donors (Lipinski definition) is 2. The van der Waals surface area contributed by atoms with E-state index >= 15 is 0 Å². The summed E-state index contributed by atoms with van der Waals surface area (Å²) in [5.41, 5.74) is 2.21. The van der Waals surface area contributed by atoms with Gasteiger partial charge in [-0.1, -0.05) is 0 Å². The van der Waals surface area contributed by atoms with Crippen LogP contribution in [-0.2, 0) is 17.8 Å². The molecule has 0 radical (unpaired) electrons. The van der Waals surface area contributed by atoms with Gasteiger partial charge in [0.25, 0.3) is 0 Å². The fraction of sp³-hybridized carbons (Fsp3) is 0.667. The Balaban J connectivity index is 2.00.